The average Bonchev–Trinajstić information content (AvgIpc) is 2.34. The van der Waals surface area contributed by atoms with Gasteiger partial charge in [0.25, 0.3) is 0 Å². The molecule has 6 nitrogen and oxygen atoms in total. The van der Waals surface area contributed by atoms with E-state index in [-0.39, 0.29) is 0 Å². The first-order valence-corrected chi connectivity index (χ1v) is 6.66. The molecule has 108 valence electrons. The van der Waals surface area contributed by atoms with E-state index in [1.807, 2.05) is 0 Å². The van der Waals surface area contributed by atoms with Gasteiger partial charge in [-0.05, 0) is 12.8 Å². The number of carbonyl (C=O) groups is 2. The van der Waals surface area contributed by atoms with Gasteiger partial charge in [0.15, 0.2) is 6.10 Å². The number of hydrogen-bond acceptors (Lipinski definition) is 6. The quantitative estimate of drug-likeness (QED) is 0.703. The molecule has 2 aliphatic heterocycles. The topological polar surface area (TPSA) is 71.1 Å². The molecule has 0 aliphatic carbocycles. The fourth-order valence-electron chi connectivity index (χ4n) is 2.67. The zero-order valence-electron chi connectivity index (χ0n) is 11.3. The van der Waals surface area contributed by atoms with E-state index in [1.165, 1.54) is 13.8 Å². The molecule has 0 radical (unpaired) electrons. The van der Waals surface area contributed by atoms with Gasteiger partial charge in [-0.3, -0.25) is 9.59 Å². The summed E-state index contributed by atoms with van der Waals surface area (Å²) in [5, 5.41) is 0. The van der Waals surface area contributed by atoms with Gasteiger partial charge >= 0.3 is 11.9 Å². The van der Waals surface area contributed by atoms with Crippen molar-refractivity contribution in [1.29, 1.82) is 0 Å². The van der Waals surface area contributed by atoms with Gasteiger partial charge in [0.2, 0.25) is 5.79 Å². The van der Waals surface area contributed by atoms with Gasteiger partial charge in [0.05, 0.1) is 13.2 Å². The summed E-state index contributed by atoms with van der Waals surface area (Å²) in [5.41, 5.74) is 0. The van der Waals surface area contributed by atoms with Crippen LogP contribution in [0.25, 0.3) is 0 Å². The molecule has 0 aromatic heterocycles. The van der Waals surface area contributed by atoms with Crippen molar-refractivity contribution in [2.24, 2.45) is 0 Å². The zero-order chi connectivity index (χ0) is 13.9. The van der Waals surface area contributed by atoms with Crippen LogP contribution in [0, 0.1) is 0 Å². The minimum Gasteiger partial charge on any atom is -0.458 e. The molecule has 2 saturated heterocycles. The Morgan fingerprint density at radius 3 is 2.32 bits per heavy atom. The van der Waals surface area contributed by atoms with Crippen LogP contribution in [-0.4, -0.2) is 43.1 Å². The number of hydrogen-bond donors (Lipinski definition) is 0. The Bertz CT molecular complexity index is 342. The van der Waals surface area contributed by atoms with Crippen LogP contribution in [0.2, 0.25) is 0 Å². The summed E-state index contributed by atoms with van der Waals surface area (Å²) in [4.78, 5) is 22.5. The second-order valence-electron chi connectivity index (χ2n) is 4.93. The molecule has 1 spiro atoms. The predicted octanol–water partition coefficient (Wildman–Crippen LogP) is 1.17. The van der Waals surface area contributed by atoms with Gasteiger partial charge in [-0.25, -0.2) is 0 Å². The van der Waals surface area contributed by atoms with Gasteiger partial charge in [-0.1, -0.05) is 0 Å². The summed E-state index contributed by atoms with van der Waals surface area (Å²) in [6.45, 7) is 3.66. The molecule has 2 heterocycles. The van der Waals surface area contributed by atoms with E-state index in [2.05, 4.69) is 0 Å². The van der Waals surface area contributed by atoms with Crippen molar-refractivity contribution in [2.45, 2.75) is 57.5 Å². The largest absolute Gasteiger partial charge is 0.458 e. The Morgan fingerprint density at radius 1 is 1.05 bits per heavy atom. The molecule has 0 N–H and O–H groups in total. The predicted molar refractivity (Wildman–Crippen MR) is 64.2 cm³/mol. The maximum Gasteiger partial charge on any atom is 0.303 e. The average molecular weight is 272 g/mol. The van der Waals surface area contributed by atoms with Gasteiger partial charge < -0.3 is 18.9 Å². The van der Waals surface area contributed by atoms with Crippen LogP contribution in [0.4, 0.5) is 0 Å². The lowest BCUT2D eigenvalue weighted by molar-refractivity contribution is -0.335. The lowest BCUT2D eigenvalue weighted by Crippen LogP contribution is -2.60. The molecule has 2 rings (SSSR count). The lowest BCUT2D eigenvalue weighted by Gasteiger charge is -2.47. The third kappa shape index (κ3) is 3.25. The van der Waals surface area contributed by atoms with Crippen molar-refractivity contribution >= 4 is 11.9 Å². The van der Waals surface area contributed by atoms with Gasteiger partial charge in [-0.15, -0.1) is 0 Å². The van der Waals surface area contributed by atoms with Crippen molar-refractivity contribution in [1.82, 2.24) is 0 Å². The molecule has 0 aromatic rings. The highest BCUT2D eigenvalue weighted by Gasteiger charge is 2.52. The van der Waals surface area contributed by atoms with Gasteiger partial charge in [0.1, 0.15) is 6.10 Å². The first-order chi connectivity index (χ1) is 9.03. The fourth-order valence-corrected chi connectivity index (χ4v) is 2.67. The third-order valence-corrected chi connectivity index (χ3v) is 3.40. The van der Waals surface area contributed by atoms with Gasteiger partial charge in [-0.2, -0.15) is 0 Å². The maximum atomic E-state index is 11.3. The Labute approximate surface area is 112 Å². The summed E-state index contributed by atoms with van der Waals surface area (Å²) in [6, 6.07) is 0. The third-order valence-electron chi connectivity index (χ3n) is 3.40. The van der Waals surface area contributed by atoms with Crippen LogP contribution in [0.15, 0.2) is 0 Å². The highest BCUT2D eigenvalue weighted by atomic mass is 16.7. The normalized spacial score (nSPS) is 34.8. The van der Waals surface area contributed by atoms with Crippen LogP contribution < -0.4 is 0 Å². The second kappa shape index (κ2) is 5.88. The molecule has 2 fully saturated rings. The van der Waals surface area contributed by atoms with Crippen molar-refractivity contribution in [3.05, 3.63) is 0 Å². The van der Waals surface area contributed by atoms with Crippen molar-refractivity contribution in [3.8, 4) is 0 Å². The maximum absolute atomic E-state index is 11.3. The van der Waals surface area contributed by atoms with E-state index in [4.69, 9.17) is 18.9 Å². The number of esters is 2. The summed E-state index contributed by atoms with van der Waals surface area (Å²) >= 11 is 0. The molecular formula is C13H20O6. The van der Waals surface area contributed by atoms with Crippen LogP contribution in [0.3, 0.4) is 0 Å². The van der Waals surface area contributed by atoms with Crippen LogP contribution >= 0.6 is 0 Å². The number of carbonyl (C=O) groups excluding carboxylic acids is 2. The Hall–Kier alpha value is -1.14. The van der Waals surface area contributed by atoms with Crippen LogP contribution in [-0.2, 0) is 28.5 Å². The van der Waals surface area contributed by atoms with Crippen molar-refractivity contribution < 1.29 is 28.5 Å². The summed E-state index contributed by atoms with van der Waals surface area (Å²) in [6.07, 6.45) is 1.84. The Balaban J connectivity index is 2.19. The SMILES string of the molecule is CC(=O)O[C@H]1CCO[C@]2(CCCCO2)[C@H]1OC(C)=O. The molecule has 2 aliphatic rings. The fraction of sp³-hybridized carbons (Fsp3) is 0.846. The molecule has 6 heteroatoms. The zero-order valence-corrected chi connectivity index (χ0v) is 11.3. The van der Waals surface area contributed by atoms with E-state index in [1.54, 1.807) is 0 Å². The molecule has 19 heavy (non-hydrogen) atoms. The van der Waals surface area contributed by atoms with E-state index in [9.17, 15) is 9.59 Å². The monoisotopic (exact) mass is 272 g/mol. The highest BCUT2D eigenvalue weighted by Crippen LogP contribution is 2.38. The molecular weight excluding hydrogens is 252 g/mol. The minimum absolute atomic E-state index is 0.394. The van der Waals surface area contributed by atoms with E-state index in [0.29, 0.717) is 26.1 Å². The standard InChI is InChI=1S/C13H20O6/c1-9(14)18-11-5-8-17-13(6-3-4-7-16-13)12(11)19-10(2)15/h11-12H,3-8H2,1-2H3/t11-,12-,13+/m0/s1. The first-order valence-electron chi connectivity index (χ1n) is 6.66. The van der Waals surface area contributed by atoms with Crippen LogP contribution in [0.1, 0.15) is 39.5 Å². The smallest absolute Gasteiger partial charge is 0.303 e. The molecule has 0 unspecified atom stereocenters. The van der Waals surface area contributed by atoms with E-state index >= 15 is 0 Å². The molecule has 3 atom stereocenters. The van der Waals surface area contributed by atoms with Crippen molar-refractivity contribution in [3.63, 3.8) is 0 Å². The Kier molecular flexibility index (Phi) is 4.42. The number of rotatable bonds is 2. The first kappa shape index (κ1) is 14.3. The minimum atomic E-state index is -0.956. The van der Waals surface area contributed by atoms with Gasteiger partial charge in [0, 0.05) is 26.7 Å². The molecule has 0 bridgehead atoms. The number of ether oxygens (including phenoxy) is 4. The Morgan fingerprint density at radius 2 is 1.74 bits per heavy atom. The summed E-state index contributed by atoms with van der Waals surface area (Å²) in [5.74, 6) is -1.78. The molecule has 0 saturated carbocycles. The second-order valence-corrected chi connectivity index (χ2v) is 4.93. The summed E-state index contributed by atoms with van der Waals surface area (Å²) < 4.78 is 22.1. The summed E-state index contributed by atoms with van der Waals surface area (Å²) in [7, 11) is 0. The van der Waals surface area contributed by atoms with E-state index in [0.717, 1.165) is 12.8 Å². The van der Waals surface area contributed by atoms with Crippen molar-refractivity contribution in [2.75, 3.05) is 13.2 Å². The van der Waals surface area contributed by atoms with E-state index < -0.39 is 29.9 Å². The highest BCUT2D eigenvalue weighted by molar-refractivity contribution is 5.67. The molecule has 0 aromatic carbocycles. The lowest BCUT2D eigenvalue weighted by atomic mass is 9.92. The molecule has 0 amide bonds. The van der Waals surface area contributed by atoms with Crippen LogP contribution in [0.5, 0.6) is 0 Å².